The van der Waals surface area contributed by atoms with E-state index < -0.39 is 0 Å². The van der Waals surface area contributed by atoms with Crippen LogP contribution in [0, 0.1) is 0 Å². The Kier molecular flexibility index (Phi) is 6.32. The number of nitrogens with one attached hydrogen (secondary N) is 2. The Morgan fingerprint density at radius 1 is 1.55 bits per heavy atom. The Balaban J connectivity index is 1.89. The molecule has 0 radical (unpaired) electrons. The summed E-state index contributed by atoms with van der Waals surface area (Å²) in [4.78, 5) is 16.2. The quantitative estimate of drug-likeness (QED) is 0.869. The standard InChI is InChI=1S/C13H18ClN3OS2/c1-2-15-12-11(14)5-9(6-16-12)13(18)17-7-10-8-19-3-4-20-10/h5-6,10H,2-4,7-8H2,1H3,(H,15,16)(H,17,18). The smallest absolute Gasteiger partial charge is 0.252 e. The van der Waals surface area contributed by atoms with Crippen LogP contribution < -0.4 is 10.6 Å². The van der Waals surface area contributed by atoms with E-state index in [9.17, 15) is 4.79 Å². The molecule has 1 fully saturated rings. The first kappa shape index (κ1) is 15.8. The molecule has 1 atom stereocenters. The van der Waals surface area contributed by atoms with Crippen LogP contribution in [-0.4, -0.2) is 46.5 Å². The van der Waals surface area contributed by atoms with E-state index in [1.165, 1.54) is 5.75 Å². The van der Waals surface area contributed by atoms with Gasteiger partial charge >= 0.3 is 0 Å². The van der Waals surface area contributed by atoms with Crippen LogP contribution in [0.2, 0.25) is 5.02 Å². The van der Waals surface area contributed by atoms with E-state index in [1.54, 1.807) is 12.3 Å². The van der Waals surface area contributed by atoms with Crippen molar-refractivity contribution in [3.63, 3.8) is 0 Å². The molecule has 2 N–H and O–H groups in total. The van der Waals surface area contributed by atoms with E-state index in [0.717, 1.165) is 18.1 Å². The third-order valence-electron chi connectivity index (χ3n) is 2.82. The molecule has 1 aromatic heterocycles. The summed E-state index contributed by atoms with van der Waals surface area (Å²) in [5, 5.41) is 6.98. The van der Waals surface area contributed by atoms with Crippen LogP contribution in [0.5, 0.6) is 0 Å². The molecule has 7 heteroatoms. The second-order valence-corrected chi connectivity index (χ2v) is 7.33. The van der Waals surface area contributed by atoms with Gasteiger partial charge in [-0.3, -0.25) is 4.79 Å². The molecule has 2 rings (SSSR count). The summed E-state index contributed by atoms with van der Waals surface area (Å²) >= 11 is 9.96. The van der Waals surface area contributed by atoms with Gasteiger partial charge in [-0.05, 0) is 13.0 Å². The molecule has 2 heterocycles. The highest BCUT2D eigenvalue weighted by atomic mass is 35.5. The Hall–Kier alpha value is -0.590. The maximum Gasteiger partial charge on any atom is 0.252 e. The van der Waals surface area contributed by atoms with Crippen molar-refractivity contribution >= 4 is 46.8 Å². The number of anilines is 1. The predicted molar refractivity (Wildman–Crippen MR) is 89.3 cm³/mol. The van der Waals surface area contributed by atoms with E-state index in [4.69, 9.17) is 11.6 Å². The van der Waals surface area contributed by atoms with Crippen molar-refractivity contribution in [1.29, 1.82) is 0 Å². The summed E-state index contributed by atoms with van der Waals surface area (Å²) in [5.74, 6) is 3.98. The zero-order valence-corrected chi connectivity index (χ0v) is 13.7. The molecular weight excluding hydrogens is 314 g/mol. The molecule has 0 aromatic carbocycles. The van der Waals surface area contributed by atoms with E-state index in [2.05, 4.69) is 15.6 Å². The summed E-state index contributed by atoms with van der Waals surface area (Å²) in [6.45, 7) is 3.41. The molecule has 1 aromatic rings. The highest BCUT2D eigenvalue weighted by Crippen LogP contribution is 2.23. The third-order valence-corrected chi connectivity index (χ3v) is 5.96. The van der Waals surface area contributed by atoms with Gasteiger partial charge in [0.05, 0.1) is 10.6 Å². The maximum atomic E-state index is 12.1. The van der Waals surface area contributed by atoms with Crippen molar-refractivity contribution in [3.8, 4) is 0 Å². The van der Waals surface area contributed by atoms with E-state index in [0.29, 0.717) is 28.2 Å². The number of nitrogens with zero attached hydrogens (tertiary/aromatic N) is 1. The molecular formula is C13H18ClN3OS2. The molecule has 0 spiro atoms. The summed E-state index contributed by atoms with van der Waals surface area (Å²) in [5.41, 5.74) is 0.505. The van der Waals surface area contributed by atoms with Gasteiger partial charge in [0.1, 0.15) is 5.82 Å². The summed E-state index contributed by atoms with van der Waals surface area (Å²) in [6, 6.07) is 1.66. The topological polar surface area (TPSA) is 54.0 Å². The second-order valence-electron chi connectivity index (χ2n) is 4.36. The number of carbonyl (C=O) groups is 1. The maximum absolute atomic E-state index is 12.1. The lowest BCUT2D eigenvalue weighted by atomic mass is 10.2. The first-order valence-electron chi connectivity index (χ1n) is 6.57. The fourth-order valence-electron chi connectivity index (χ4n) is 1.82. The van der Waals surface area contributed by atoms with Crippen molar-refractivity contribution in [1.82, 2.24) is 10.3 Å². The van der Waals surface area contributed by atoms with Crippen molar-refractivity contribution in [3.05, 3.63) is 22.8 Å². The highest BCUT2D eigenvalue weighted by Gasteiger charge is 2.16. The van der Waals surface area contributed by atoms with Crippen LogP contribution in [0.1, 0.15) is 17.3 Å². The monoisotopic (exact) mass is 331 g/mol. The summed E-state index contributed by atoms with van der Waals surface area (Å²) in [7, 11) is 0. The zero-order valence-electron chi connectivity index (χ0n) is 11.3. The van der Waals surface area contributed by atoms with E-state index in [1.807, 2.05) is 30.4 Å². The minimum absolute atomic E-state index is 0.112. The zero-order chi connectivity index (χ0) is 14.4. The number of hydrogen-bond acceptors (Lipinski definition) is 5. The van der Waals surface area contributed by atoms with Gasteiger partial charge in [0, 0.05) is 41.8 Å². The average Bonchev–Trinajstić information content (AvgIpc) is 2.48. The first-order chi connectivity index (χ1) is 9.70. The highest BCUT2D eigenvalue weighted by molar-refractivity contribution is 8.06. The van der Waals surface area contributed by atoms with Gasteiger partial charge in [0.25, 0.3) is 5.91 Å². The van der Waals surface area contributed by atoms with Crippen molar-refractivity contribution in [2.45, 2.75) is 12.2 Å². The van der Waals surface area contributed by atoms with Crippen LogP contribution in [0.15, 0.2) is 12.3 Å². The van der Waals surface area contributed by atoms with Crippen molar-refractivity contribution in [2.24, 2.45) is 0 Å². The number of thioether (sulfide) groups is 2. The van der Waals surface area contributed by atoms with Gasteiger partial charge in [-0.1, -0.05) is 11.6 Å². The molecule has 110 valence electrons. The molecule has 1 amide bonds. The van der Waals surface area contributed by atoms with Gasteiger partial charge in [-0.25, -0.2) is 4.98 Å². The Morgan fingerprint density at radius 2 is 2.40 bits per heavy atom. The fraction of sp³-hybridized carbons (Fsp3) is 0.538. The minimum atomic E-state index is -0.112. The van der Waals surface area contributed by atoms with Crippen LogP contribution in [0.25, 0.3) is 0 Å². The SMILES string of the molecule is CCNc1ncc(C(=O)NCC2CSCCS2)cc1Cl. The Labute approximate surface area is 132 Å². The molecule has 0 aliphatic carbocycles. The Bertz CT molecular complexity index is 467. The number of rotatable bonds is 5. The molecule has 0 saturated carbocycles. The molecule has 1 aliphatic heterocycles. The average molecular weight is 332 g/mol. The minimum Gasteiger partial charge on any atom is -0.369 e. The normalized spacial score (nSPS) is 18.6. The number of hydrogen-bond donors (Lipinski definition) is 2. The molecule has 1 unspecified atom stereocenters. The van der Waals surface area contributed by atoms with Crippen LogP contribution in [0.3, 0.4) is 0 Å². The number of aromatic nitrogens is 1. The van der Waals surface area contributed by atoms with Crippen molar-refractivity contribution in [2.75, 3.05) is 35.7 Å². The first-order valence-corrected chi connectivity index (χ1v) is 9.15. The molecule has 4 nitrogen and oxygen atoms in total. The summed E-state index contributed by atoms with van der Waals surface area (Å²) in [6.07, 6.45) is 1.56. The van der Waals surface area contributed by atoms with Crippen LogP contribution in [0.4, 0.5) is 5.82 Å². The van der Waals surface area contributed by atoms with Gasteiger partial charge < -0.3 is 10.6 Å². The molecule has 20 heavy (non-hydrogen) atoms. The fourth-order valence-corrected chi connectivity index (χ4v) is 4.67. The van der Waals surface area contributed by atoms with Gasteiger partial charge in [-0.2, -0.15) is 23.5 Å². The number of halogens is 1. The van der Waals surface area contributed by atoms with Gasteiger partial charge in [0.15, 0.2) is 0 Å². The number of amides is 1. The van der Waals surface area contributed by atoms with Gasteiger partial charge in [-0.15, -0.1) is 0 Å². The predicted octanol–water partition coefficient (Wildman–Crippen LogP) is 2.75. The third kappa shape index (κ3) is 4.46. The second kappa shape index (κ2) is 8.00. The lowest BCUT2D eigenvalue weighted by molar-refractivity contribution is 0.0954. The largest absolute Gasteiger partial charge is 0.369 e. The molecule has 1 saturated heterocycles. The summed E-state index contributed by atoms with van der Waals surface area (Å²) < 4.78 is 0. The molecule has 0 bridgehead atoms. The Morgan fingerprint density at radius 3 is 3.05 bits per heavy atom. The lowest BCUT2D eigenvalue weighted by Crippen LogP contribution is -2.33. The molecule has 1 aliphatic rings. The number of carbonyl (C=O) groups excluding carboxylic acids is 1. The van der Waals surface area contributed by atoms with Crippen molar-refractivity contribution < 1.29 is 4.79 Å². The van der Waals surface area contributed by atoms with E-state index in [-0.39, 0.29) is 5.91 Å². The lowest BCUT2D eigenvalue weighted by Gasteiger charge is -2.21. The number of pyridine rings is 1. The van der Waals surface area contributed by atoms with Crippen LogP contribution in [-0.2, 0) is 0 Å². The van der Waals surface area contributed by atoms with Gasteiger partial charge in [0.2, 0.25) is 0 Å². The van der Waals surface area contributed by atoms with E-state index >= 15 is 0 Å². The van der Waals surface area contributed by atoms with Crippen LogP contribution >= 0.6 is 35.1 Å².